The van der Waals surface area contributed by atoms with Gasteiger partial charge >= 0.3 is 0 Å². The van der Waals surface area contributed by atoms with Crippen molar-refractivity contribution < 1.29 is 4.74 Å². The Kier molecular flexibility index (Phi) is 8.62. The number of benzene rings is 1. The van der Waals surface area contributed by atoms with Crippen LogP contribution >= 0.6 is 0 Å². The van der Waals surface area contributed by atoms with Crippen molar-refractivity contribution in [1.82, 2.24) is 20.4 Å². The zero-order chi connectivity index (χ0) is 20.5. The number of ether oxygens (including phenoxy) is 1. The molecule has 1 aromatic carbocycles. The van der Waals surface area contributed by atoms with Gasteiger partial charge in [0.1, 0.15) is 5.75 Å². The summed E-state index contributed by atoms with van der Waals surface area (Å²) < 4.78 is 5.33. The van der Waals surface area contributed by atoms with Crippen LogP contribution in [0, 0.1) is 5.92 Å². The van der Waals surface area contributed by atoms with Gasteiger partial charge in [0.15, 0.2) is 5.96 Å². The van der Waals surface area contributed by atoms with Gasteiger partial charge in [-0.1, -0.05) is 12.1 Å². The molecule has 2 N–H and O–H groups in total. The predicted octanol–water partition coefficient (Wildman–Crippen LogP) is 2.73. The second-order valence-corrected chi connectivity index (χ2v) is 8.45. The molecule has 0 aromatic heterocycles. The van der Waals surface area contributed by atoms with E-state index >= 15 is 0 Å². The second kappa shape index (κ2) is 11.4. The Morgan fingerprint density at radius 3 is 2.41 bits per heavy atom. The zero-order valence-corrected chi connectivity index (χ0v) is 18.5. The van der Waals surface area contributed by atoms with Gasteiger partial charge < -0.3 is 20.3 Å². The maximum atomic E-state index is 5.33. The zero-order valence-electron chi connectivity index (χ0n) is 18.5. The Balaban J connectivity index is 1.50. The minimum Gasteiger partial charge on any atom is -0.497 e. The molecule has 162 valence electrons. The van der Waals surface area contributed by atoms with Gasteiger partial charge in [-0.15, -0.1) is 0 Å². The summed E-state index contributed by atoms with van der Waals surface area (Å²) in [5.74, 6) is 2.66. The van der Waals surface area contributed by atoms with Crippen LogP contribution in [0.4, 0.5) is 0 Å². The summed E-state index contributed by atoms with van der Waals surface area (Å²) in [7, 11) is 5.80. The molecule has 3 rings (SSSR count). The first-order valence-electron chi connectivity index (χ1n) is 11.2. The lowest BCUT2D eigenvalue weighted by Gasteiger charge is -2.30. The highest BCUT2D eigenvalue weighted by Crippen LogP contribution is 2.26. The van der Waals surface area contributed by atoms with E-state index in [1.54, 1.807) is 7.11 Å². The van der Waals surface area contributed by atoms with Crippen LogP contribution in [0.5, 0.6) is 5.75 Å². The summed E-state index contributed by atoms with van der Waals surface area (Å²) in [6.45, 7) is 6.65. The summed E-state index contributed by atoms with van der Waals surface area (Å²) >= 11 is 0. The minimum atomic E-state index is 0.357. The molecule has 2 fully saturated rings. The normalized spacial score (nSPS) is 20.6. The van der Waals surface area contributed by atoms with Crippen molar-refractivity contribution in [1.29, 1.82) is 0 Å². The highest BCUT2D eigenvalue weighted by molar-refractivity contribution is 5.79. The number of likely N-dealkylation sites (tertiary alicyclic amines) is 2. The van der Waals surface area contributed by atoms with Gasteiger partial charge in [0.2, 0.25) is 0 Å². The van der Waals surface area contributed by atoms with Crippen molar-refractivity contribution in [2.24, 2.45) is 10.9 Å². The van der Waals surface area contributed by atoms with Crippen LogP contribution < -0.4 is 15.4 Å². The van der Waals surface area contributed by atoms with Crippen molar-refractivity contribution in [3.8, 4) is 5.75 Å². The number of hydrogen-bond acceptors (Lipinski definition) is 4. The van der Waals surface area contributed by atoms with Crippen molar-refractivity contribution in [2.45, 2.75) is 38.1 Å². The molecule has 2 aliphatic heterocycles. The van der Waals surface area contributed by atoms with Crippen molar-refractivity contribution >= 4 is 5.96 Å². The van der Waals surface area contributed by atoms with Gasteiger partial charge in [-0.25, -0.2) is 0 Å². The first-order valence-corrected chi connectivity index (χ1v) is 11.2. The molecular formula is C23H39N5O. The average molecular weight is 402 g/mol. The Morgan fingerprint density at radius 2 is 1.79 bits per heavy atom. The molecule has 29 heavy (non-hydrogen) atoms. The molecular weight excluding hydrogens is 362 g/mol. The van der Waals surface area contributed by atoms with Crippen LogP contribution in [-0.4, -0.2) is 76.2 Å². The molecule has 0 saturated carbocycles. The molecule has 1 unspecified atom stereocenters. The summed E-state index contributed by atoms with van der Waals surface area (Å²) in [4.78, 5) is 9.47. The highest BCUT2D eigenvalue weighted by atomic mass is 16.5. The third-order valence-corrected chi connectivity index (χ3v) is 6.45. The molecule has 6 nitrogen and oxygen atoms in total. The fraction of sp³-hybridized carbons (Fsp3) is 0.696. The van der Waals surface area contributed by atoms with Gasteiger partial charge in [0.05, 0.1) is 13.2 Å². The number of hydrogen-bond donors (Lipinski definition) is 2. The first kappa shape index (κ1) is 21.9. The Bertz CT molecular complexity index is 619. The number of nitrogens with one attached hydrogen (secondary N) is 2. The molecule has 0 spiro atoms. The smallest absolute Gasteiger partial charge is 0.191 e. The Labute approximate surface area is 176 Å². The van der Waals surface area contributed by atoms with E-state index in [1.807, 2.05) is 7.05 Å². The summed E-state index contributed by atoms with van der Waals surface area (Å²) in [5.41, 5.74) is 1.34. The van der Waals surface area contributed by atoms with Crippen LogP contribution in [0.15, 0.2) is 29.3 Å². The molecule has 0 bridgehead atoms. The monoisotopic (exact) mass is 401 g/mol. The number of guanidine groups is 1. The van der Waals surface area contributed by atoms with Gasteiger partial charge in [-0.3, -0.25) is 9.89 Å². The lowest BCUT2D eigenvalue weighted by molar-refractivity contribution is 0.213. The van der Waals surface area contributed by atoms with E-state index in [2.05, 4.69) is 56.7 Å². The molecule has 0 amide bonds. The maximum absolute atomic E-state index is 5.33. The first-order chi connectivity index (χ1) is 14.2. The predicted molar refractivity (Wildman–Crippen MR) is 121 cm³/mol. The second-order valence-electron chi connectivity index (χ2n) is 8.45. The van der Waals surface area contributed by atoms with E-state index in [0.29, 0.717) is 6.04 Å². The molecule has 1 atom stereocenters. The van der Waals surface area contributed by atoms with Crippen molar-refractivity contribution in [3.63, 3.8) is 0 Å². The van der Waals surface area contributed by atoms with Gasteiger partial charge in [0, 0.05) is 20.1 Å². The fourth-order valence-corrected chi connectivity index (χ4v) is 4.50. The molecule has 1 aromatic rings. The summed E-state index contributed by atoms with van der Waals surface area (Å²) in [5, 5.41) is 7.11. The van der Waals surface area contributed by atoms with E-state index in [4.69, 9.17) is 4.74 Å². The van der Waals surface area contributed by atoms with Gasteiger partial charge in [-0.05, 0) is 88.9 Å². The van der Waals surface area contributed by atoms with E-state index < -0.39 is 0 Å². The van der Waals surface area contributed by atoms with E-state index in [-0.39, 0.29) is 0 Å². The topological polar surface area (TPSA) is 52.1 Å². The van der Waals surface area contributed by atoms with Crippen LogP contribution in [0.2, 0.25) is 0 Å². The van der Waals surface area contributed by atoms with Crippen LogP contribution in [-0.2, 0) is 0 Å². The lowest BCUT2D eigenvalue weighted by Crippen LogP contribution is -2.43. The van der Waals surface area contributed by atoms with Gasteiger partial charge in [0.25, 0.3) is 0 Å². The number of methoxy groups -OCH3 is 1. The van der Waals surface area contributed by atoms with Crippen LogP contribution in [0.1, 0.15) is 43.7 Å². The molecule has 6 heteroatoms. The quantitative estimate of drug-likeness (QED) is 0.518. The van der Waals surface area contributed by atoms with E-state index in [1.165, 1.54) is 63.8 Å². The molecule has 0 aliphatic carbocycles. The number of rotatable bonds is 8. The van der Waals surface area contributed by atoms with Crippen molar-refractivity contribution in [3.05, 3.63) is 29.8 Å². The van der Waals surface area contributed by atoms with Crippen LogP contribution in [0.25, 0.3) is 0 Å². The number of piperidine rings is 1. The average Bonchev–Trinajstić information content (AvgIpc) is 3.29. The summed E-state index contributed by atoms with van der Waals surface area (Å²) in [6.07, 6.45) is 6.44. The molecule has 2 aliphatic rings. The molecule has 0 radical (unpaired) electrons. The largest absolute Gasteiger partial charge is 0.497 e. The third kappa shape index (κ3) is 6.61. The fourth-order valence-electron chi connectivity index (χ4n) is 4.50. The number of nitrogens with zero attached hydrogens (tertiary/aromatic N) is 3. The van der Waals surface area contributed by atoms with Gasteiger partial charge in [-0.2, -0.15) is 0 Å². The lowest BCUT2D eigenvalue weighted by atomic mass is 9.94. The Morgan fingerprint density at radius 1 is 1.10 bits per heavy atom. The van der Waals surface area contributed by atoms with Crippen LogP contribution in [0.3, 0.4) is 0 Å². The molecule has 2 saturated heterocycles. The third-order valence-electron chi connectivity index (χ3n) is 6.45. The van der Waals surface area contributed by atoms with E-state index in [0.717, 1.165) is 30.7 Å². The number of aliphatic imine (C=N–C) groups is 1. The Hall–Kier alpha value is -1.79. The van der Waals surface area contributed by atoms with Crippen molar-refractivity contribution in [2.75, 3.05) is 60.5 Å². The van der Waals surface area contributed by atoms with E-state index in [9.17, 15) is 0 Å². The molecule has 2 heterocycles. The maximum Gasteiger partial charge on any atom is 0.191 e. The minimum absolute atomic E-state index is 0.357. The SMILES string of the molecule is CN=C(NCCC1CCN(C)CC1)NCC(c1ccc(OC)cc1)N1CCCC1. The summed E-state index contributed by atoms with van der Waals surface area (Å²) in [6, 6.07) is 8.87. The highest BCUT2D eigenvalue weighted by Gasteiger charge is 2.24. The standard InChI is InChI=1S/C23H39N5O/c1-24-23(25-13-10-19-11-16-27(2)17-12-19)26-18-22(28-14-4-5-15-28)20-6-8-21(29-3)9-7-20/h6-9,19,22H,4-5,10-18H2,1-3H3,(H2,24,25,26).